The van der Waals surface area contributed by atoms with Crippen LogP contribution in [0.4, 0.5) is 0 Å². The summed E-state index contributed by atoms with van der Waals surface area (Å²) in [5, 5.41) is 0. The summed E-state index contributed by atoms with van der Waals surface area (Å²) in [6.07, 6.45) is 4.81. The van der Waals surface area contributed by atoms with Crippen molar-refractivity contribution in [3.8, 4) is 0 Å². The monoisotopic (exact) mass is 423 g/mol. The molecular formula is C15H22BrNO4S2. The third-order valence-electron chi connectivity index (χ3n) is 4.08. The Hall–Kier alpha value is -0.440. The molecule has 1 aliphatic carbocycles. The van der Waals surface area contributed by atoms with E-state index in [2.05, 4.69) is 15.9 Å². The highest BCUT2D eigenvalue weighted by atomic mass is 79.9. The fraction of sp³-hybridized carbons (Fsp3) is 0.600. The van der Waals surface area contributed by atoms with Crippen molar-refractivity contribution in [2.24, 2.45) is 0 Å². The lowest BCUT2D eigenvalue weighted by molar-refractivity contribution is 0.275. The van der Waals surface area contributed by atoms with Gasteiger partial charge in [0.15, 0.2) is 9.84 Å². The quantitative estimate of drug-likeness (QED) is 0.728. The van der Waals surface area contributed by atoms with Gasteiger partial charge in [0, 0.05) is 22.8 Å². The minimum atomic E-state index is -3.78. The summed E-state index contributed by atoms with van der Waals surface area (Å²) in [5.74, 6) is 0. The van der Waals surface area contributed by atoms with Gasteiger partial charge in [-0.05, 0) is 60.8 Å². The maximum atomic E-state index is 13.2. The molecular weight excluding hydrogens is 402 g/mol. The lowest BCUT2D eigenvalue weighted by atomic mass is 10.2. The molecule has 1 fully saturated rings. The smallest absolute Gasteiger partial charge is 0.224 e. The van der Waals surface area contributed by atoms with E-state index in [1.165, 1.54) is 22.5 Å². The molecule has 0 spiro atoms. The third kappa shape index (κ3) is 3.97. The Bertz CT molecular complexity index is 782. The second kappa shape index (κ2) is 6.82. The minimum Gasteiger partial charge on any atom is -0.224 e. The van der Waals surface area contributed by atoms with Gasteiger partial charge in [0.1, 0.15) is 0 Å². The maximum Gasteiger partial charge on any atom is 0.244 e. The van der Waals surface area contributed by atoms with Crippen molar-refractivity contribution in [2.45, 2.75) is 61.4 Å². The molecule has 0 bridgehead atoms. The Morgan fingerprint density at radius 3 is 2.17 bits per heavy atom. The van der Waals surface area contributed by atoms with Crippen molar-refractivity contribution in [2.75, 3.05) is 6.26 Å². The van der Waals surface area contributed by atoms with Gasteiger partial charge < -0.3 is 0 Å². The molecule has 0 unspecified atom stereocenters. The Kier molecular flexibility index (Phi) is 5.60. The van der Waals surface area contributed by atoms with Gasteiger partial charge in [0.2, 0.25) is 10.0 Å². The van der Waals surface area contributed by atoms with E-state index in [0.717, 1.165) is 31.9 Å². The normalized spacial score (nSPS) is 17.3. The van der Waals surface area contributed by atoms with E-state index in [0.29, 0.717) is 4.47 Å². The summed E-state index contributed by atoms with van der Waals surface area (Å²) in [4.78, 5) is 0.0235. The fourth-order valence-corrected chi connectivity index (χ4v) is 6.64. The van der Waals surface area contributed by atoms with Gasteiger partial charge in [-0.15, -0.1) is 0 Å². The molecule has 0 aliphatic heterocycles. The number of sulfonamides is 1. The van der Waals surface area contributed by atoms with Gasteiger partial charge >= 0.3 is 0 Å². The van der Waals surface area contributed by atoms with Crippen LogP contribution in [0.2, 0.25) is 0 Å². The summed E-state index contributed by atoms with van der Waals surface area (Å²) in [7, 11) is -7.25. The Labute approximate surface area is 147 Å². The predicted octanol–water partition coefficient (Wildman–Crippen LogP) is 3.19. The van der Waals surface area contributed by atoms with Gasteiger partial charge in [-0.3, -0.25) is 0 Å². The molecule has 0 aromatic heterocycles. The second-order valence-electron chi connectivity index (χ2n) is 6.23. The zero-order valence-corrected chi connectivity index (χ0v) is 16.7. The number of sulfone groups is 1. The van der Waals surface area contributed by atoms with Crippen molar-refractivity contribution in [3.05, 3.63) is 22.7 Å². The SMILES string of the molecule is CC(C)N(C1CCCC1)S(=O)(=O)c1cc(S(C)(=O)=O)ccc1Br. The largest absolute Gasteiger partial charge is 0.244 e. The van der Waals surface area contributed by atoms with Crippen LogP contribution < -0.4 is 0 Å². The molecule has 0 amide bonds. The molecule has 130 valence electrons. The maximum absolute atomic E-state index is 13.2. The second-order valence-corrected chi connectivity index (χ2v) is 10.9. The van der Waals surface area contributed by atoms with Crippen molar-refractivity contribution < 1.29 is 16.8 Å². The van der Waals surface area contributed by atoms with Crippen molar-refractivity contribution in [3.63, 3.8) is 0 Å². The molecule has 0 radical (unpaired) electrons. The van der Waals surface area contributed by atoms with Gasteiger partial charge in [-0.2, -0.15) is 4.31 Å². The van der Waals surface area contributed by atoms with E-state index in [-0.39, 0.29) is 21.9 Å². The summed E-state index contributed by atoms with van der Waals surface area (Å²) >= 11 is 3.26. The number of nitrogens with zero attached hydrogens (tertiary/aromatic N) is 1. The average molecular weight is 424 g/mol. The van der Waals surface area contributed by atoms with Crippen LogP contribution >= 0.6 is 15.9 Å². The number of benzene rings is 1. The molecule has 8 heteroatoms. The van der Waals surface area contributed by atoms with Crippen LogP contribution in [0.25, 0.3) is 0 Å². The molecule has 0 N–H and O–H groups in total. The van der Waals surface area contributed by atoms with Gasteiger partial charge in [-0.1, -0.05) is 12.8 Å². The summed E-state index contributed by atoms with van der Waals surface area (Å²) in [5.41, 5.74) is 0. The fourth-order valence-electron chi connectivity index (χ4n) is 3.08. The molecule has 1 aromatic carbocycles. The van der Waals surface area contributed by atoms with Crippen LogP contribution in [-0.2, 0) is 19.9 Å². The zero-order valence-electron chi connectivity index (χ0n) is 13.5. The van der Waals surface area contributed by atoms with Crippen LogP contribution in [0.15, 0.2) is 32.5 Å². The van der Waals surface area contributed by atoms with Gasteiger partial charge in [-0.25, -0.2) is 16.8 Å². The molecule has 2 rings (SSSR count). The van der Waals surface area contributed by atoms with Crippen molar-refractivity contribution in [1.29, 1.82) is 0 Å². The molecule has 5 nitrogen and oxygen atoms in total. The topological polar surface area (TPSA) is 71.5 Å². The molecule has 0 heterocycles. The van der Waals surface area contributed by atoms with E-state index in [1.54, 1.807) is 0 Å². The molecule has 1 saturated carbocycles. The third-order valence-corrected chi connectivity index (χ3v) is 8.31. The van der Waals surface area contributed by atoms with Crippen LogP contribution in [0.5, 0.6) is 0 Å². The zero-order chi connectivity index (χ0) is 17.4. The first-order valence-corrected chi connectivity index (χ1v) is 11.7. The Balaban J connectivity index is 2.57. The number of halogens is 1. The number of rotatable bonds is 5. The Morgan fingerprint density at radius 2 is 1.70 bits per heavy atom. The van der Waals surface area contributed by atoms with Crippen LogP contribution in [0.1, 0.15) is 39.5 Å². The van der Waals surface area contributed by atoms with E-state index < -0.39 is 19.9 Å². The van der Waals surface area contributed by atoms with Crippen LogP contribution in [-0.4, -0.2) is 39.5 Å². The highest BCUT2D eigenvalue weighted by Crippen LogP contribution is 2.34. The van der Waals surface area contributed by atoms with Crippen LogP contribution in [0, 0.1) is 0 Å². The molecule has 1 aliphatic rings. The molecule has 0 saturated heterocycles. The van der Waals surface area contributed by atoms with Crippen LogP contribution in [0.3, 0.4) is 0 Å². The summed E-state index contributed by atoms with van der Waals surface area (Å²) in [6, 6.07) is 3.94. The van der Waals surface area contributed by atoms with E-state index >= 15 is 0 Å². The Morgan fingerprint density at radius 1 is 1.13 bits per heavy atom. The van der Waals surface area contributed by atoms with Crippen molar-refractivity contribution >= 4 is 35.8 Å². The lowest BCUT2D eigenvalue weighted by Crippen LogP contribution is -2.43. The van der Waals surface area contributed by atoms with Gasteiger partial charge in [0.25, 0.3) is 0 Å². The van der Waals surface area contributed by atoms with Crippen molar-refractivity contribution in [1.82, 2.24) is 4.31 Å². The summed E-state index contributed by atoms with van der Waals surface area (Å²) in [6.45, 7) is 3.70. The number of hydrogen-bond acceptors (Lipinski definition) is 4. The highest BCUT2D eigenvalue weighted by Gasteiger charge is 2.36. The average Bonchev–Trinajstić information content (AvgIpc) is 2.90. The first-order valence-electron chi connectivity index (χ1n) is 7.58. The first kappa shape index (κ1) is 18.9. The number of hydrogen-bond donors (Lipinski definition) is 0. The summed E-state index contributed by atoms with van der Waals surface area (Å²) < 4.78 is 51.8. The van der Waals surface area contributed by atoms with E-state index in [1.807, 2.05) is 13.8 Å². The van der Waals surface area contributed by atoms with E-state index in [4.69, 9.17) is 0 Å². The van der Waals surface area contributed by atoms with Gasteiger partial charge in [0.05, 0.1) is 9.79 Å². The predicted molar refractivity (Wildman–Crippen MR) is 93.7 cm³/mol. The lowest BCUT2D eigenvalue weighted by Gasteiger charge is -2.32. The first-order chi connectivity index (χ1) is 10.5. The highest BCUT2D eigenvalue weighted by molar-refractivity contribution is 9.10. The molecule has 1 aromatic rings. The molecule has 0 atom stereocenters. The van der Waals surface area contributed by atoms with E-state index in [9.17, 15) is 16.8 Å². The standard InChI is InChI=1S/C15H22BrNO4S2/c1-11(2)17(12-6-4-5-7-12)23(20,21)15-10-13(22(3,18)19)8-9-14(15)16/h8-12H,4-7H2,1-3H3. The molecule has 23 heavy (non-hydrogen) atoms. The minimum absolute atomic E-state index is 0.00871.